The van der Waals surface area contributed by atoms with Crippen LogP contribution < -0.4 is 9.46 Å². The molecule has 36 heavy (non-hydrogen) atoms. The van der Waals surface area contributed by atoms with E-state index >= 15 is 0 Å². The Morgan fingerprint density at radius 1 is 1.03 bits per heavy atom. The molecule has 1 aliphatic rings. The third-order valence-electron chi connectivity index (χ3n) is 5.52. The number of hydrogen-bond donors (Lipinski definition) is 2. The molecule has 0 saturated carbocycles. The molecule has 2 aromatic carbocycles. The molecule has 11 nitrogen and oxygen atoms in total. The number of nitrogens with one attached hydrogen (secondary N) is 1. The van der Waals surface area contributed by atoms with E-state index in [4.69, 9.17) is 28.4 Å². The number of ether oxygens (including phenoxy) is 6. The van der Waals surface area contributed by atoms with Crippen LogP contribution in [0.5, 0.6) is 5.75 Å². The van der Waals surface area contributed by atoms with Crippen molar-refractivity contribution in [2.75, 3.05) is 27.4 Å². The number of hydrogen-bond acceptors (Lipinski definition) is 9. The van der Waals surface area contributed by atoms with Crippen LogP contribution in [0.25, 0.3) is 0 Å². The molecule has 1 aliphatic heterocycles. The van der Waals surface area contributed by atoms with Gasteiger partial charge in [0.1, 0.15) is 30.7 Å². The standard InChI is InChI=1S/C24H31NO10S/c1-4-32-22-20(25-36(27,28)29)21(33-14-16-10-12-18(30-2)13-11-16)19(35-24(22)31-3)15-34-23(26)17-8-6-5-7-9-17/h5-13,19-22,24-25H,4,14-15H2,1-3H3,(H,27,28,29)/t19-,20-,21-,22+,24+/m1/s1. The quantitative estimate of drug-likeness (QED) is 0.312. The van der Waals surface area contributed by atoms with Crippen LogP contribution in [0, 0.1) is 0 Å². The van der Waals surface area contributed by atoms with Gasteiger partial charge in [-0.2, -0.15) is 13.1 Å². The summed E-state index contributed by atoms with van der Waals surface area (Å²) in [6, 6.07) is 14.3. The van der Waals surface area contributed by atoms with Crippen LogP contribution in [0.2, 0.25) is 0 Å². The first-order valence-corrected chi connectivity index (χ1v) is 12.7. The smallest absolute Gasteiger partial charge is 0.338 e. The van der Waals surface area contributed by atoms with Crippen molar-refractivity contribution in [3.05, 3.63) is 65.7 Å². The number of esters is 1. The van der Waals surface area contributed by atoms with Crippen molar-refractivity contribution in [3.63, 3.8) is 0 Å². The molecule has 1 fully saturated rings. The molecule has 0 spiro atoms. The summed E-state index contributed by atoms with van der Waals surface area (Å²) >= 11 is 0. The summed E-state index contributed by atoms with van der Waals surface area (Å²) in [5.41, 5.74) is 1.11. The summed E-state index contributed by atoms with van der Waals surface area (Å²) in [7, 11) is -1.75. The second kappa shape index (κ2) is 13.1. The lowest BCUT2D eigenvalue weighted by Crippen LogP contribution is -2.66. The van der Waals surface area contributed by atoms with Crippen molar-refractivity contribution in [1.29, 1.82) is 0 Å². The molecule has 1 saturated heterocycles. The highest BCUT2D eigenvalue weighted by molar-refractivity contribution is 7.83. The maximum Gasteiger partial charge on any atom is 0.338 e. The van der Waals surface area contributed by atoms with Gasteiger partial charge in [0.05, 0.1) is 25.3 Å². The summed E-state index contributed by atoms with van der Waals surface area (Å²) in [6.07, 6.45) is -3.99. The van der Waals surface area contributed by atoms with Gasteiger partial charge in [0, 0.05) is 13.7 Å². The summed E-state index contributed by atoms with van der Waals surface area (Å²) in [5.74, 6) is 0.0732. The van der Waals surface area contributed by atoms with Crippen molar-refractivity contribution in [2.24, 2.45) is 0 Å². The van der Waals surface area contributed by atoms with E-state index in [1.54, 1.807) is 68.6 Å². The minimum atomic E-state index is -4.67. The van der Waals surface area contributed by atoms with Gasteiger partial charge in [-0.1, -0.05) is 30.3 Å². The highest BCUT2D eigenvalue weighted by Crippen LogP contribution is 2.28. The SMILES string of the molecule is CCO[C@@H]1[C@@H](OC)O[C@H](COC(=O)c2ccccc2)[C@@H](OCc2ccc(OC)cc2)[C@H]1NS(=O)(=O)O. The molecule has 198 valence electrons. The molecular weight excluding hydrogens is 494 g/mol. The molecule has 0 bridgehead atoms. The van der Waals surface area contributed by atoms with Gasteiger partial charge in [-0.05, 0) is 36.8 Å². The molecule has 2 N–H and O–H groups in total. The Balaban J connectivity index is 1.86. The second-order valence-electron chi connectivity index (χ2n) is 7.91. The Kier molecular flexibility index (Phi) is 10.2. The highest BCUT2D eigenvalue weighted by atomic mass is 32.2. The minimum absolute atomic E-state index is 0.0568. The highest BCUT2D eigenvalue weighted by Gasteiger charge is 2.49. The molecule has 12 heteroatoms. The lowest BCUT2D eigenvalue weighted by Gasteiger charge is -2.45. The van der Waals surface area contributed by atoms with Gasteiger partial charge < -0.3 is 28.4 Å². The predicted molar refractivity (Wildman–Crippen MR) is 128 cm³/mol. The van der Waals surface area contributed by atoms with E-state index in [1.165, 1.54) is 7.11 Å². The Morgan fingerprint density at radius 3 is 2.31 bits per heavy atom. The summed E-state index contributed by atoms with van der Waals surface area (Å²) in [5, 5.41) is 0. The summed E-state index contributed by atoms with van der Waals surface area (Å²) < 4.78 is 69.2. The maximum atomic E-state index is 12.5. The van der Waals surface area contributed by atoms with Gasteiger partial charge in [0.15, 0.2) is 6.29 Å². The number of carbonyl (C=O) groups excluding carboxylic acids is 1. The number of carbonyl (C=O) groups is 1. The van der Waals surface area contributed by atoms with E-state index in [1.807, 2.05) is 0 Å². The molecule has 0 aliphatic carbocycles. The lowest BCUT2D eigenvalue weighted by atomic mass is 9.96. The zero-order valence-corrected chi connectivity index (χ0v) is 21.1. The Labute approximate surface area is 210 Å². The lowest BCUT2D eigenvalue weighted by molar-refractivity contribution is -0.286. The molecule has 2 aromatic rings. The van der Waals surface area contributed by atoms with Crippen LogP contribution in [0.1, 0.15) is 22.8 Å². The van der Waals surface area contributed by atoms with E-state index in [2.05, 4.69) is 4.72 Å². The first-order chi connectivity index (χ1) is 17.3. The van der Waals surface area contributed by atoms with Crippen LogP contribution >= 0.6 is 0 Å². The van der Waals surface area contributed by atoms with E-state index in [9.17, 15) is 17.8 Å². The zero-order valence-electron chi connectivity index (χ0n) is 20.2. The largest absolute Gasteiger partial charge is 0.497 e. The first-order valence-electron chi connectivity index (χ1n) is 11.3. The number of benzene rings is 2. The number of rotatable bonds is 12. The van der Waals surface area contributed by atoms with E-state index in [-0.39, 0.29) is 19.8 Å². The molecule has 0 unspecified atom stereocenters. The molecule has 5 atom stereocenters. The Hall–Kier alpha value is -2.58. The van der Waals surface area contributed by atoms with Crippen molar-refractivity contribution in [2.45, 2.75) is 44.2 Å². The number of methoxy groups -OCH3 is 2. The predicted octanol–water partition coefficient (Wildman–Crippen LogP) is 1.97. The van der Waals surface area contributed by atoms with Gasteiger partial charge >= 0.3 is 16.3 Å². The van der Waals surface area contributed by atoms with Gasteiger partial charge in [-0.15, -0.1) is 0 Å². The van der Waals surface area contributed by atoms with Gasteiger partial charge in [-0.25, -0.2) is 4.79 Å². The zero-order chi connectivity index (χ0) is 26.1. The molecule has 3 rings (SSSR count). The molecule has 0 amide bonds. The van der Waals surface area contributed by atoms with Gasteiger partial charge in [0.25, 0.3) is 0 Å². The maximum absolute atomic E-state index is 12.5. The molecule has 0 aromatic heterocycles. The van der Waals surface area contributed by atoms with Crippen LogP contribution in [0.4, 0.5) is 0 Å². The third kappa shape index (κ3) is 7.71. The van der Waals surface area contributed by atoms with Crippen molar-refractivity contribution in [3.8, 4) is 5.75 Å². The van der Waals surface area contributed by atoms with E-state index in [0.29, 0.717) is 11.3 Å². The van der Waals surface area contributed by atoms with Crippen LogP contribution in [-0.2, 0) is 40.6 Å². The normalized spacial score (nSPS) is 24.3. The monoisotopic (exact) mass is 525 g/mol. The summed E-state index contributed by atoms with van der Waals surface area (Å²) in [6.45, 7) is 1.71. The fourth-order valence-corrected chi connectivity index (χ4v) is 4.47. The van der Waals surface area contributed by atoms with Crippen molar-refractivity contribution >= 4 is 16.3 Å². The minimum Gasteiger partial charge on any atom is -0.497 e. The van der Waals surface area contributed by atoms with E-state index < -0.39 is 46.9 Å². The van der Waals surface area contributed by atoms with Crippen molar-refractivity contribution < 1.29 is 46.2 Å². The topological polar surface area (TPSA) is 139 Å². The van der Waals surface area contributed by atoms with Crippen molar-refractivity contribution in [1.82, 2.24) is 4.72 Å². The average molecular weight is 526 g/mol. The third-order valence-corrected chi connectivity index (χ3v) is 6.09. The van der Waals surface area contributed by atoms with Crippen LogP contribution in [-0.4, -0.2) is 77.0 Å². The average Bonchev–Trinajstić information content (AvgIpc) is 2.87. The van der Waals surface area contributed by atoms with Crippen LogP contribution in [0.3, 0.4) is 0 Å². The second-order valence-corrected chi connectivity index (χ2v) is 9.09. The fourth-order valence-electron chi connectivity index (χ4n) is 3.86. The summed E-state index contributed by atoms with van der Waals surface area (Å²) in [4.78, 5) is 12.5. The molecule has 1 heterocycles. The van der Waals surface area contributed by atoms with Crippen LogP contribution in [0.15, 0.2) is 54.6 Å². The molecular formula is C24H31NO10S. The Morgan fingerprint density at radius 2 is 1.72 bits per heavy atom. The first kappa shape index (κ1) is 28.0. The fraction of sp³-hybridized carbons (Fsp3) is 0.458. The van der Waals surface area contributed by atoms with Gasteiger partial charge in [-0.3, -0.25) is 4.55 Å². The Bertz CT molecular complexity index is 1060. The van der Waals surface area contributed by atoms with Gasteiger partial charge in [0.2, 0.25) is 0 Å². The van der Waals surface area contributed by atoms with E-state index in [0.717, 1.165) is 5.56 Å². The molecule has 0 radical (unpaired) electrons.